The highest BCUT2D eigenvalue weighted by Gasteiger charge is 2.31. The summed E-state index contributed by atoms with van der Waals surface area (Å²) in [6.07, 6.45) is 2.00. The molecule has 2 saturated heterocycles. The van der Waals surface area contributed by atoms with E-state index in [1.807, 2.05) is 25.7 Å². The van der Waals surface area contributed by atoms with Crippen LogP contribution in [0.15, 0.2) is 36.5 Å². The lowest BCUT2D eigenvalue weighted by Crippen LogP contribution is -2.54. The third-order valence-electron chi connectivity index (χ3n) is 6.82. The van der Waals surface area contributed by atoms with Gasteiger partial charge in [0.05, 0.1) is 17.8 Å². The topological polar surface area (TPSA) is 98.5 Å². The number of amides is 2. The number of carbonyl (C=O) groups is 1. The van der Waals surface area contributed by atoms with Gasteiger partial charge in [-0.1, -0.05) is 0 Å². The van der Waals surface area contributed by atoms with Crippen LogP contribution in [0.5, 0.6) is 0 Å². The van der Waals surface area contributed by atoms with Gasteiger partial charge in [0.25, 0.3) is 0 Å². The average molecular weight is 530 g/mol. The lowest BCUT2D eigenvalue weighted by atomic mass is 10.0. The summed E-state index contributed by atoms with van der Waals surface area (Å²) in [6, 6.07) is 6.45. The van der Waals surface area contributed by atoms with Crippen molar-refractivity contribution in [3.63, 3.8) is 0 Å². The van der Waals surface area contributed by atoms with Crippen LogP contribution < -0.4 is 10.2 Å². The molecule has 0 bridgehead atoms. The van der Waals surface area contributed by atoms with Gasteiger partial charge in [0, 0.05) is 38.3 Å². The molecule has 3 aromatic rings. The molecule has 4 heterocycles. The first-order chi connectivity index (χ1) is 18.1. The number of ether oxygens (including phenoxy) is 1. The number of nitrogens with one attached hydrogen (secondary N) is 1. The molecular weight excluding hydrogens is 496 g/mol. The van der Waals surface area contributed by atoms with E-state index in [0.717, 1.165) is 18.6 Å². The van der Waals surface area contributed by atoms with Crippen molar-refractivity contribution in [1.82, 2.24) is 24.4 Å². The summed E-state index contributed by atoms with van der Waals surface area (Å²) in [5, 5.41) is 17.9. The van der Waals surface area contributed by atoms with Crippen molar-refractivity contribution in [2.24, 2.45) is 0 Å². The van der Waals surface area contributed by atoms with E-state index in [9.17, 15) is 18.7 Å². The number of hydrogen-bond acceptors (Lipinski definition) is 7. The van der Waals surface area contributed by atoms with Crippen LogP contribution in [0.2, 0.25) is 0 Å². The fourth-order valence-corrected chi connectivity index (χ4v) is 4.96. The van der Waals surface area contributed by atoms with Crippen LogP contribution >= 0.6 is 0 Å². The van der Waals surface area contributed by atoms with Crippen molar-refractivity contribution < 1.29 is 23.4 Å². The first-order valence-corrected chi connectivity index (χ1v) is 12.8. The molecule has 204 valence electrons. The van der Waals surface area contributed by atoms with Crippen molar-refractivity contribution >= 4 is 23.3 Å². The van der Waals surface area contributed by atoms with Crippen molar-refractivity contribution in [2.45, 2.75) is 51.7 Å². The minimum absolute atomic E-state index is 0.300. The molecular formula is C26H33F2N7O3. The Labute approximate surface area is 219 Å². The maximum atomic E-state index is 14.5. The minimum Gasteiger partial charge on any atom is -0.356 e. The third kappa shape index (κ3) is 5.57. The molecule has 10 nitrogen and oxygen atoms in total. The van der Waals surface area contributed by atoms with E-state index >= 15 is 0 Å². The van der Waals surface area contributed by atoms with Crippen molar-refractivity contribution in [2.75, 3.05) is 42.9 Å². The smallest absolute Gasteiger partial charge is 0.323 e. The number of rotatable bonds is 5. The monoisotopic (exact) mass is 529 g/mol. The van der Waals surface area contributed by atoms with E-state index in [0.29, 0.717) is 62.0 Å². The van der Waals surface area contributed by atoms with E-state index in [-0.39, 0.29) is 12.1 Å². The van der Waals surface area contributed by atoms with Gasteiger partial charge in [0.15, 0.2) is 11.5 Å². The molecule has 1 aromatic carbocycles. The Bertz CT molecular complexity index is 1300. The number of anilines is 2. The van der Waals surface area contributed by atoms with Crippen LogP contribution in [0.3, 0.4) is 0 Å². The van der Waals surface area contributed by atoms with E-state index in [4.69, 9.17) is 4.74 Å². The Morgan fingerprint density at radius 1 is 1.13 bits per heavy atom. The van der Waals surface area contributed by atoms with Gasteiger partial charge in [-0.15, -0.1) is 5.10 Å². The second-order valence-electron chi connectivity index (χ2n) is 10.6. The van der Waals surface area contributed by atoms with Gasteiger partial charge in [0.1, 0.15) is 17.5 Å². The summed E-state index contributed by atoms with van der Waals surface area (Å²) in [5.74, 6) is 0.0579. The second-order valence-corrected chi connectivity index (χ2v) is 10.6. The number of aromatic nitrogens is 3. The maximum Gasteiger partial charge on any atom is 0.323 e. The maximum absolute atomic E-state index is 14.5. The summed E-state index contributed by atoms with van der Waals surface area (Å²) in [5.41, 5.74) is 0.369. The third-order valence-corrected chi connectivity index (χ3v) is 6.82. The molecule has 2 aliphatic heterocycles. The van der Waals surface area contributed by atoms with Gasteiger partial charge in [-0.25, -0.2) is 18.6 Å². The van der Waals surface area contributed by atoms with Gasteiger partial charge < -0.3 is 19.6 Å². The van der Waals surface area contributed by atoms with Gasteiger partial charge >= 0.3 is 6.03 Å². The zero-order chi connectivity index (χ0) is 27.0. The Balaban J connectivity index is 1.28. The van der Waals surface area contributed by atoms with Gasteiger partial charge in [0.2, 0.25) is 6.41 Å². The number of piperazine rings is 1. The fraction of sp³-hybridized carbons (Fsp3) is 0.500. The van der Waals surface area contributed by atoms with Crippen molar-refractivity contribution in [3.05, 3.63) is 53.7 Å². The van der Waals surface area contributed by atoms with Crippen LogP contribution in [-0.2, 0) is 4.74 Å². The molecule has 0 radical (unpaired) electrons. The molecule has 2 aliphatic rings. The van der Waals surface area contributed by atoms with E-state index in [1.165, 1.54) is 12.3 Å². The standard InChI is InChI=1S/C26H33F2N7O3/c1-26(2,3)38-25(37)33-13-11-32(12-14-33)24(36)30-23-16-29-21-8-9-22(31-35(21)23)34-10-4-5-20(34)18-15-17(27)6-7-19(18)28/h6-9,15-16,20,25,37H,4-5,10-14H2,1-3H3,(H,30,36)/t20-,25?/m1/s1. The predicted octanol–water partition coefficient (Wildman–Crippen LogP) is 3.59. The first-order valence-electron chi connectivity index (χ1n) is 12.8. The van der Waals surface area contributed by atoms with E-state index < -0.39 is 23.6 Å². The van der Waals surface area contributed by atoms with E-state index in [1.54, 1.807) is 26.4 Å². The summed E-state index contributed by atoms with van der Waals surface area (Å²) < 4.78 is 35.6. The Hall–Kier alpha value is -3.35. The zero-order valence-corrected chi connectivity index (χ0v) is 21.8. The molecule has 1 unspecified atom stereocenters. The highest BCUT2D eigenvalue weighted by atomic mass is 19.1. The number of nitrogens with zero attached hydrogens (tertiary/aromatic N) is 6. The molecule has 0 aliphatic carbocycles. The molecule has 0 saturated carbocycles. The van der Waals surface area contributed by atoms with Crippen LogP contribution in [0.4, 0.5) is 25.2 Å². The Morgan fingerprint density at radius 2 is 1.89 bits per heavy atom. The lowest BCUT2D eigenvalue weighted by Gasteiger charge is -2.38. The highest BCUT2D eigenvalue weighted by molar-refractivity contribution is 5.88. The van der Waals surface area contributed by atoms with Crippen LogP contribution in [0, 0.1) is 11.6 Å². The number of aliphatic hydroxyl groups excluding tert-OH is 1. The largest absolute Gasteiger partial charge is 0.356 e. The summed E-state index contributed by atoms with van der Waals surface area (Å²) in [4.78, 5) is 22.7. The summed E-state index contributed by atoms with van der Waals surface area (Å²) in [6.45, 7) is 8.03. The number of halogens is 2. The Morgan fingerprint density at radius 3 is 2.63 bits per heavy atom. The van der Waals surface area contributed by atoms with Crippen LogP contribution in [0.25, 0.3) is 5.65 Å². The number of aliphatic hydroxyl groups is 1. The van der Waals surface area contributed by atoms with Gasteiger partial charge in [-0.3, -0.25) is 10.2 Å². The van der Waals surface area contributed by atoms with Crippen LogP contribution in [0.1, 0.15) is 45.2 Å². The predicted molar refractivity (Wildman–Crippen MR) is 138 cm³/mol. The molecule has 2 atom stereocenters. The quantitative estimate of drug-likeness (QED) is 0.488. The SMILES string of the molecule is CC(C)(C)OC(O)N1CCN(C(=O)Nc2cnc3ccc(N4CCC[C@@H]4c4cc(F)ccc4F)nn23)CC1. The number of urea groups is 1. The zero-order valence-electron chi connectivity index (χ0n) is 21.8. The lowest BCUT2D eigenvalue weighted by molar-refractivity contribution is -0.242. The molecule has 2 amide bonds. The van der Waals surface area contributed by atoms with E-state index in [2.05, 4.69) is 15.4 Å². The first kappa shape index (κ1) is 26.3. The highest BCUT2D eigenvalue weighted by Crippen LogP contribution is 2.36. The molecule has 0 spiro atoms. The number of benzene rings is 1. The molecule has 12 heteroatoms. The van der Waals surface area contributed by atoms with Crippen LogP contribution in [-0.4, -0.2) is 80.3 Å². The fourth-order valence-electron chi connectivity index (χ4n) is 4.96. The molecule has 2 fully saturated rings. The van der Waals surface area contributed by atoms with Gasteiger partial charge in [-0.2, -0.15) is 4.52 Å². The number of carbonyl (C=O) groups excluding carboxylic acids is 1. The minimum atomic E-state index is -1.03. The molecule has 5 rings (SSSR count). The number of imidazole rings is 1. The second kappa shape index (κ2) is 10.4. The Kier molecular flexibility index (Phi) is 7.21. The van der Waals surface area contributed by atoms with Crippen molar-refractivity contribution in [3.8, 4) is 0 Å². The molecule has 2 N–H and O–H groups in total. The van der Waals surface area contributed by atoms with Gasteiger partial charge in [-0.05, 0) is 63.9 Å². The number of fused-ring (bicyclic) bond motifs is 1. The summed E-state index contributed by atoms with van der Waals surface area (Å²) >= 11 is 0. The van der Waals surface area contributed by atoms with Crippen molar-refractivity contribution in [1.29, 1.82) is 0 Å². The average Bonchev–Trinajstić information content (AvgIpc) is 3.52. The molecule has 38 heavy (non-hydrogen) atoms. The number of hydrogen-bond donors (Lipinski definition) is 2. The molecule has 2 aromatic heterocycles. The summed E-state index contributed by atoms with van der Waals surface area (Å²) in [7, 11) is 0. The normalized spacial score (nSPS) is 19.8.